The lowest BCUT2D eigenvalue weighted by molar-refractivity contribution is -0.384. The lowest BCUT2D eigenvalue weighted by atomic mass is 10.0. The third-order valence-electron chi connectivity index (χ3n) is 6.46. The quantitative estimate of drug-likeness (QED) is 0.0596. The fourth-order valence-corrected chi connectivity index (χ4v) is 5.69. The Morgan fingerprint density at radius 2 is 1.60 bits per heavy atom. The fourth-order valence-electron chi connectivity index (χ4n) is 4.31. The Morgan fingerprint density at radius 1 is 0.953 bits per heavy atom. The molecule has 0 unspecified atom stereocenters. The van der Waals surface area contributed by atoms with Gasteiger partial charge in [0.2, 0.25) is 0 Å². The summed E-state index contributed by atoms with van der Waals surface area (Å²) >= 11 is 0.991. The molecular formula is C31H27F2N3O6S. The molecule has 0 aliphatic heterocycles. The molecule has 3 aromatic carbocycles. The summed E-state index contributed by atoms with van der Waals surface area (Å²) in [6.07, 6.45) is -0.790. The predicted octanol–water partition coefficient (Wildman–Crippen LogP) is 7.91. The number of nitro benzene ring substituents is 1. The number of oxime groups is 1. The third kappa shape index (κ3) is 6.92. The molecule has 12 heteroatoms. The van der Waals surface area contributed by atoms with Gasteiger partial charge in [0, 0.05) is 22.6 Å². The van der Waals surface area contributed by atoms with Crippen molar-refractivity contribution in [2.24, 2.45) is 5.16 Å². The largest absolute Gasteiger partial charge is 0.462 e. The van der Waals surface area contributed by atoms with Crippen LogP contribution in [0.5, 0.6) is 0 Å². The molecule has 1 heterocycles. The highest BCUT2D eigenvalue weighted by atomic mass is 32.1. The lowest BCUT2D eigenvalue weighted by Crippen LogP contribution is -2.32. The molecule has 9 nitrogen and oxygen atoms in total. The number of carbonyl (C=O) groups excluding carboxylic acids is 2. The van der Waals surface area contributed by atoms with Gasteiger partial charge in [0.05, 0.1) is 29.4 Å². The van der Waals surface area contributed by atoms with Gasteiger partial charge in [0.15, 0.2) is 0 Å². The first-order valence-corrected chi connectivity index (χ1v) is 14.1. The summed E-state index contributed by atoms with van der Waals surface area (Å²) in [5, 5.41) is 15.2. The third-order valence-corrected chi connectivity index (χ3v) is 7.76. The summed E-state index contributed by atoms with van der Waals surface area (Å²) in [7, 11) is 0. The molecule has 0 saturated carbocycles. The van der Waals surface area contributed by atoms with Gasteiger partial charge < -0.3 is 4.74 Å². The van der Waals surface area contributed by atoms with Gasteiger partial charge in [-0.1, -0.05) is 48.5 Å². The number of hydrogen-bond acceptors (Lipinski definition) is 8. The van der Waals surface area contributed by atoms with Gasteiger partial charge in [0.25, 0.3) is 5.69 Å². The normalized spacial score (nSPS) is 11.2. The van der Waals surface area contributed by atoms with E-state index in [2.05, 4.69) is 5.16 Å². The molecule has 0 N–H and O–H groups in total. The first kappa shape index (κ1) is 31.0. The van der Waals surface area contributed by atoms with Crippen molar-refractivity contribution < 1.29 is 32.9 Å². The molecular weight excluding hydrogens is 580 g/mol. The zero-order valence-electron chi connectivity index (χ0n) is 23.5. The van der Waals surface area contributed by atoms with E-state index >= 15 is 0 Å². The minimum absolute atomic E-state index is 0.0140. The number of nitro groups is 1. The molecule has 4 rings (SSSR count). The van der Waals surface area contributed by atoms with Crippen LogP contribution in [0.3, 0.4) is 0 Å². The molecule has 1 amide bonds. The van der Waals surface area contributed by atoms with Gasteiger partial charge in [-0.05, 0) is 61.2 Å². The molecule has 1 aromatic heterocycles. The number of amides is 1. The van der Waals surface area contributed by atoms with Crippen molar-refractivity contribution >= 4 is 39.8 Å². The number of hydrogen-bond donors (Lipinski definition) is 0. The zero-order valence-corrected chi connectivity index (χ0v) is 24.3. The number of nitrogens with zero attached hydrogens (tertiary/aromatic N) is 3. The maximum atomic E-state index is 14.8. The summed E-state index contributed by atoms with van der Waals surface area (Å²) in [6.45, 7) is 4.43. The highest BCUT2D eigenvalue weighted by Gasteiger charge is 2.33. The predicted molar refractivity (Wildman–Crippen MR) is 159 cm³/mol. The van der Waals surface area contributed by atoms with Crippen LogP contribution in [-0.4, -0.2) is 29.3 Å². The van der Waals surface area contributed by atoms with E-state index in [0.717, 1.165) is 28.4 Å². The van der Waals surface area contributed by atoms with Crippen molar-refractivity contribution in [3.8, 4) is 10.4 Å². The summed E-state index contributed by atoms with van der Waals surface area (Å²) in [6, 6.07) is 17.9. The van der Waals surface area contributed by atoms with Crippen molar-refractivity contribution in [3.63, 3.8) is 0 Å². The Kier molecular flexibility index (Phi) is 9.94. The molecule has 0 aliphatic rings. The maximum absolute atomic E-state index is 14.8. The standard InChI is InChI=1S/C31H27F2N3O6S/c1-4-23-27(30(37)41-5-2)29(43-28(23)21-14-16-22(17-15-21)36(39)40)35(18-24-25(32)12-9-13-26(24)33)31(38)42-34-19(3)20-10-7-6-8-11-20/h6-17H,4-5,18H2,1-3H3/b34-19-. The fraction of sp³-hybridized carbons (Fsp3) is 0.194. The molecule has 0 aliphatic carbocycles. The Bertz CT molecular complexity index is 1650. The number of halogens is 2. The number of carbonyl (C=O) groups is 2. The number of thiophene rings is 1. The van der Waals surface area contributed by atoms with Crippen molar-refractivity contribution in [1.82, 2.24) is 0 Å². The average molecular weight is 608 g/mol. The summed E-state index contributed by atoms with van der Waals surface area (Å²) < 4.78 is 35.0. The van der Waals surface area contributed by atoms with Gasteiger partial charge in [-0.3, -0.25) is 19.9 Å². The first-order valence-electron chi connectivity index (χ1n) is 13.2. The number of benzene rings is 3. The van der Waals surface area contributed by atoms with Crippen LogP contribution in [0, 0.1) is 21.7 Å². The second-order valence-electron chi connectivity index (χ2n) is 9.15. The summed E-state index contributed by atoms with van der Waals surface area (Å²) in [5.41, 5.74) is 1.52. The monoisotopic (exact) mass is 607 g/mol. The number of anilines is 1. The number of ether oxygens (including phenoxy) is 1. The van der Waals surface area contributed by atoms with Crippen LogP contribution in [0.4, 0.5) is 24.3 Å². The molecule has 0 spiro atoms. The highest BCUT2D eigenvalue weighted by molar-refractivity contribution is 7.20. The van der Waals surface area contributed by atoms with Crippen molar-refractivity contribution in [1.29, 1.82) is 0 Å². The second-order valence-corrected chi connectivity index (χ2v) is 10.2. The van der Waals surface area contributed by atoms with Crippen LogP contribution in [0.15, 0.2) is 78.0 Å². The van der Waals surface area contributed by atoms with Crippen LogP contribution in [0.25, 0.3) is 10.4 Å². The molecule has 0 atom stereocenters. The topological polar surface area (TPSA) is 111 Å². The van der Waals surface area contributed by atoms with Crippen LogP contribution >= 0.6 is 11.3 Å². The molecule has 0 radical (unpaired) electrons. The average Bonchev–Trinajstić information content (AvgIpc) is 3.39. The van der Waals surface area contributed by atoms with E-state index in [1.807, 2.05) is 6.07 Å². The first-order chi connectivity index (χ1) is 20.7. The Labute approximate surface area is 250 Å². The number of non-ortho nitro benzene ring substituents is 1. The van der Waals surface area contributed by atoms with E-state index in [-0.39, 0.29) is 22.9 Å². The van der Waals surface area contributed by atoms with E-state index in [4.69, 9.17) is 9.57 Å². The van der Waals surface area contributed by atoms with Crippen LogP contribution < -0.4 is 4.90 Å². The smallest absolute Gasteiger partial charge is 0.441 e. The minimum atomic E-state index is -1.09. The zero-order chi connectivity index (χ0) is 31.1. The minimum Gasteiger partial charge on any atom is -0.462 e. The SMILES string of the molecule is CCOC(=O)c1c(N(Cc2c(F)cccc2F)C(=O)O/N=C(/C)c2ccccc2)sc(-c2ccc([N+](=O)[O-])cc2)c1CC. The Balaban J connectivity index is 1.88. The van der Waals surface area contributed by atoms with Crippen molar-refractivity contribution in [3.05, 3.63) is 117 Å². The van der Waals surface area contributed by atoms with Gasteiger partial charge in [-0.25, -0.2) is 18.4 Å². The summed E-state index contributed by atoms with van der Waals surface area (Å²) in [5.74, 6) is -2.56. The van der Waals surface area contributed by atoms with Gasteiger partial charge in [-0.15, -0.1) is 11.3 Å². The highest BCUT2D eigenvalue weighted by Crippen LogP contribution is 2.44. The van der Waals surface area contributed by atoms with Crippen LogP contribution in [0.2, 0.25) is 0 Å². The van der Waals surface area contributed by atoms with Crippen LogP contribution in [-0.2, 0) is 22.5 Å². The van der Waals surface area contributed by atoms with E-state index < -0.39 is 40.7 Å². The molecule has 4 aromatic rings. The summed E-state index contributed by atoms with van der Waals surface area (Å²) in [4.78, 5) is 44.4. The number of esters is 1. The molecule has 43 heavy (non-hydrogen) atoms. The van der Waals surface area contributed by atoms with Gasteiger partial charge in [0.1, 0.15) is 16.6 Å². The molecule has 0 bridgehead atoms. The van der Waals surface area contributed by atoms with E-state index in [0.29, 0.717) is 33.7 Å². The van der Waals surface area contributed by atoms with Crippen molar-refractivity contribution in [2.75, 3.05) is 11.5 Å². The van der Waals surface area contributed by atoms with E-state index in [1.165, 1.54) is 30.3 Å². The van der Waals surface area contributed by atoms with Gasteiger partial charge >= 0.3 is 12.1 Å². The Morgan fingerprint density at radius 3 is 2.19 bits per heavy atom. The molecule has 0 saturated heterocycles. The lowest BCUT2D eigenvalue weighted by Gasteiger charge is -2.21. The number of rotatable bonds is 10. The van der Waals surface area contributed by atoms with Crippen molar-refractivity contribution in [2.45, 2.75) is 33.7 Å². The molecule has 222 valence electrons. The Hall–Kier alpha value is -4.97. The van der Waals surface area contributed by atoms with Crippen LogP contribution in [0.1, 0.15) is 47.8 Å². The van der Waals surface area contributed by atoms with Gasteiger partial charge in [-0.2, -0.15) is 0 Å². The van der Waals surface area contributed by atoms with E-state index in [1.54, 1.807) is 45.0 Å². The second kappa shape index (κ2) is 13.8. The molecule has 0 fully saturated rings. The maximum Gasteiger partial charge on any atom is 0.441 e. The van der Waals surface area contributed by atoms with E-state index in [9.17, 15) is 28.5 Å².